The van der Waals surface area contributed by atoms with Gasteiger partial charge in [-0.15, -0.1) is 0 Å². The highest BCUT2D eigenvalue weighted by atomic mass is 19.1. The summed E-state index contributed by atoms with van der Waals surface area (Å²) in [6.07, 6.45) is -0.969. The summed E-state index contributed by atoms with van der Waals surface area (Å²) in [5.74, 6) is 1.12. The van der Waals surface area contributed by atoms with Gasteiger partial charge in [-0.05, 0) is 61.4 Å². The van der Waals surface area contributed by atoms with Crippen molar-refractivity contribution in [3.05, 3.63) is 82.7 Å². The predicted octanol–water partition coefficient (Wildman–Crippen LogP) is 6.07. The van der Waals surface area contributed by atoms with Gasteiger partial charge < -0.3 is 24.7 Å². The number of halogens is 1. The number of rotatable bonds is 5. The largest absolute Gasteiger partial charge is 0.512 e. The van der Waals surface area contributed by atoms with Crippen LogP contribution in [0.15, 0.2) is 54.6 Å². The fourth-order valence-electron chi connectivity index (χ4n) is 3.58. The molecule has 6 nitrogen and oxygen atoms in total. The van der Waals surface area contributed by atoms with Crippen molar-refractivity contribution in [3.63, 3.8) is 0 Å². The molecule has 0 radical (unpaired) electrons. The lowest BCUT2D eigenvalue weighted by molar-refractivity contribution is 0.143. The summed E-state index contributed by atoms with van der Waals surface area (Å²) in [7, 11) is 0. The lowest BCUT2D eigenvalue weighted by atomic mass is 10.0. The number of carboxylic acid groups (broad SMARTS) is 1. The van der Waals surface area contributed by atoms with Crippen molar-refractivity contribution in [1.29, 1.82) is 0 Å². The van der Waals surface area contributed by atoms with Gasteiger partial charge in [-0.3, -0.25) is 0 Å². The lowest BCUT2D eigenvalue weighted by Gasteiger charge is -2.14. The molecule has 0 bridgehead atoms. The maximum absolute atomic E-state index is 13.2. The van der Waals surface area contributed by atoms with Crippen LogP contribution in [0, 0.1) is 19.7 Å². The van der Waals surface area contributed by atoms with Gasteiger partial charge in [0, 0.05) is 34.5 Å². The Morgan fingerprint density at radius 2 is 1.81 bits per heavy atom. The van der Waals surface area contributed by atoms with Gasteiger partial charge in [0.05, 0.1) is 0 Å². The molecule has 1 aromatic heterocycles. The number of carbonyl (C=O) groups is 1. The molecular formula is C24H20FNO5. The van der Waals surface area contributed by atoms with E-state index >= 15 is 0 Å². The maximum Gasteiger partial charge on any atom is 0.512 e. The first-order valence-corrected chi connectivity index (χ1v) is 9.58. The smallest absolute Gasteiger partial charge is 0.508 e. The monoisotopic (exact) mass is 421 g/mol. The number of nitrogens with one attached hydrogen (secondary N) is 1. The second kappa shape index (κ2) is 8.02. The average Bonchev–Trinajstić information content (AvgIpc) is 3.11. The third-order valence-electron chi connectivity index (χ3n) is 5.06. The normalized spacial score (nSPS) is 10.9. The number of aryl methyl sites for hydroxylation is 2. The zero-order chi connectivity index (χ0) is 22.1. The van der Waals surface area contributed by atoms with Crippen LogP contribution in [0.4, 0.5) is 9.18 Å². The molecule has 0 spiro atoms. The minimum atomic E-state index is -1.39. The predicted molar refractivity (Wildman–Crippen MR) is 114 cm³/mol. The number of phenols is 1. The summed E-state index contributed by atoms with van der Waals surface area (Å²) < 4.78 is 24.0. The second-order valence-electron chi connectivity index (χ2n) is 7.31. The van der Waals surface area contributed by atoms with Gasteiger partial charge >= 0.3 is 6.16 Å². The van der Waals surface area contributed by atoms with Crippen molar-refractivity contribution in [2.45, 2.75) is 20.3 Å². The van der Waals surface area contributed by atoms with Gasteiger partial charge in [0.1, 0.15) is 23.1 Å². The first kappa shape index (κ1) is 20.3. The number of hydrogen-bond acceptors (Lipinski definition) is 4. The van der Waals surface area contributed by atoms with E-state index in [-0.39, 0.29) is 17.4 Å². The molecular weight excluding hydrogens is 401 g/mol. The Morgan fingerprint density at radius 1 is 1.06 bits per heavy atom. The Kier molecular flexibility index (Phi) is 5.25. The van der Waals surface area contributed by atoms with Crippen LogP contribution in [0.5, 0.6) is 23.1 Å². The molecule has 0 fully saturated rings. The molecule has 0 saturated heterocycles. The van der Waals surface area contributed by atoms with E-state index in [0.717, 1.165) is 27.6 Å². The van der Waals surface area contributed by atoms with Crippen LogP contribution >= 0.6 is 0 Å². The van der Waals surface area contributed by atoms with Crippen molar-refractivity contribution in [2.75, 3.05) is 0 Å². The number of benzene rings is 3. The van der Waals surface area contributed by atoms with Crippen LogP contribution in [-0.2, 0) is 6.42 Å². The molecule has 158 valence electrons. The fraction of sp³-hybridized carbons (Fsp3) is 0.125. The molecule has 3 aromatic carbocycles. The van der Waals surface area contributed by atoms with E-state index in [9.17, 15) is 14.3 Å². The van der Waals surface area contributed by atoms with E-state index in [1.165, 1.54) is 12.1 Å². The fourth-order valence-corrected chi connectivity index (χ4v) is 3.58. The van der Waals surface area contributed by atoms with E-state index in [0.29, 0.717) is 23.5 Å². The molecule has 0 amide bonds. The van der Waals surface area contributed by atoms with Gasteiger partial charge in [0.2, 0.25) is 5.88 Å². The Hall–Kier alpha value is -4.00. The van der Waals surface area contributed by atoms with Crippen LogP contribution in [0.1, 0.15) is 22.3 Å². The number of aromatic amines is 1. The zero-order valence-corrected chi connectivity index (χ0v) is 16.9. The highest BCUT2D eigenvalue weighted by molar-refractivity contribution is 5.88. The van der Waals surface area contributed by atoms with Crippen LogP contribution in [0.2, 0.25) is 0 Å². The topological polar surface area (TPSA) is 91.8 Å². The number of phenolic OH excluding ortho intramolecular Hbond substituents is 1. The molecule has 31 heavy (non-hydrogen) atoms. The van der Waals surface area contributed by atoms with Gasteiger partial charge in [-0.25, -0.2) is 9.18 Å². The Bertz CT molecular complexity index is 1280. The quantitative estimate of drug-likeness (QED) is 0.340. The highest BCUT2D eigenvalue weighted by Crippen LogP contribution is 2.37. The van der Waals surface area contributed by atoms with Crippen molar-refractivity contribution < 1.29 is 28.9 Å². The minimum absolute atomic E-state index is 0.127. The third kappa shape index (κ3) is 4.30. The van der Waals surface area contributed by atoms with E-state index in [1.54, 1.807) is 36.4 Å². The minimum Gasteiger partial charge on any atom is -0.508 e. The van der Waals surface area contributed by atoms with Crippen LogP contribution in [0.3, 0.4) is 0 Å². The molecule has 0 saturated carbocycles. The number of fused-ring (bicyclic) bond motifs is 1. The van der Waals surface area contributed by atoms with E-state index in [1.807, 2.05) is 19.9 Å². The van der Waals surface area contributed by atoms with Crippen LogP contribution < -0.4 is 9.47 Å². The standard InChI is InChI=1S/C24H20FNO5/c1-13-9-20-19(12-22(26-20)31-24(28)29)14(2)23(13)30-18-7-8-21(27)16(11-18)10-15-3-5-17(25)6-4-15/h3-9,11-12,26-27H,10H2,1-2H3,(H,28,29). The molecule has 0 aliphatic rings. The molecule has 1 heterocycles. The molecule has 4 rings (SSSR count). The second-order valence-corrected chi connectivity index (χ2v) is 7.31. The van der Waals surface area contributed by atoms with Crippen molar-refractivity contribution in [1.82, 2.24) is 4.98 Å². The molecule has 0 unspecified atom stereocenters. The van der Waals surface area contributed by atoms with Crippen molar-refractivity contribution >= 4 is 17.1 Å². The summed E-state index contributed by atoms with van der Waals surface area (Å²) in [6.45, 7) is 3.77. The summed E-state index contributed by atoms with van der Waals surface area (Å²) in [5.41, 5.74) is 3.92. The van der Waals surface area contributed by atoms with E-state index in [4.69, 9.17) is 14.6 Å². The number of H-pyrrole nitrogens is 1. The lowest BCUT2D eigenvalue weighted by Crippen LogP contribution is -2.02. The van der Waals surface area contributed by atoms with Gasteiger partial charge in [-0.2, -0.15) is 0 Å². The summed E-state index contributed by atoms with van der Waals surface area (Å²) in [6, 6.07) is 14.6. The Labute approximate surface area is 177 Å². The highest BCUT2D eigenvalue weighted by Gasteiger charge is 2.15. The number of hydrogen-bond donors (Lipinski definition) is 3. The van der Waals surface area contributed by atoms with Gasteiger partial charge in [0.25, 0.3) is 0 Å². The van der Waals surface area contributed by atoms with Gasteiger partial charge in [0.15, 0.2) is 0 Å². The molecule has 3 N–H and O–H groups in total. The van der Waals surface area contributed by atoms with Crippen molar-refractivity contribution in [3.8, 4) is 23.1 Å². The van der Waals surface area contributed by atoms with E-state index < -0.39 is 6.16 Å². The molecule has 4 aromatic rings. The summed E-state index contributed by atoms with van der Waals surface area (Å²) in [4.78, 5) is 13.7. The molecule has 0 atom stereocenters. The molecule has 0 aliphatic heterocycles. The maximum atomic E-state index is 13.2. The Balaban J connectivity index is 1.65. The first-order chi connectivity index (χ1) is 14.8. The Morgan fingerprint density at radius 3 is 2.52 bits per heavy atom. The molecule has 0 aliphatic carbocycles. The SMILES string of the molecule is Cc1cc2[nH]c(OC(=O)O)cc2c(C)c1Oc1ccc(O)c(Cc2ccc(F)cc2)c1. The first-order valence-electron chi connectivity index (χ1n) is 9.58. The van der Waals surface area contributed by atoms with Gasteiger partial charge in [-0.1, -0.05) is 12.1 Å². The third-order valence-corrected chi connectivity index (χ3v) is 5.06. The number of aromatic hydroxyl groups is 1. The van der Waals surface area contributed by atoms with E-state index in [2.05, 4.69) is 4.98 Å². The van der Waals surface area contributed by atoms with Crippen LogP contribution in [0.25, 0.3) is 10.9 Å². The number of ether oxygens (including phenoxy) is 2. The van der Waals surface area contributed by atoms with Crippen LogP contribution in [-0.4, -0.2) is 21.4 Å². The molecule has 7 heteroatoms. The number of aromatic nitrogens is 1. The zero-order valence-electron chi connectivity index (χ0n) is 16.9. The summed E-state index contributed by atoms with van der Waals surface area (Å²) in [5, 5.41) is 19.9. The average molecular weight is 421 g/mol. The van der Waals surface area contributed by atoms with Crippen molar-refractivity contribution in [2.24, 2.45) is 0 Å². The summed E-state index contributed by atoms with van der Waals surface area (Å²) >= 11 is 0.